The number of hydrogen-bond acceptors (Lipinski definition) is 4. The van der Waals surface area contributed by atoms with Gasteiger partial charge in [0.2, 0.25) is 10.0 Å². The minimum Gasteiger partial charge on any atom is -0.409 e. The van der Waals surface area contributed by atoms with E-state index in [0.29, 0.717) is 6.42 Å². The molecule has 19 heavy (non-hydrogen) atoms. The van der Waals surface area contributed by atoms with Crippen molar-refractivity contribution in [1.29, 1.82) is 0 Å². The molecule has 0 aromatic carbocycles. The second-order valence-electron chi connectivity index (χ2n) is 6.17. The monoisotopic (exact) mass is 293 g/mol. The highest BCUT2D eigenvalue weighted by atomic mass is 32.2. The standard InChI is InChI=1S/C12H27N3O3S/c1-10(2)15(8-6-11(13)14-16)19(17,18)9-7-12(3,4)5/h10,16H,6-9H2,1-5H3,(H2,13,14). The fraction of sp³-hybridized carbons (Fsp3) is 0.917. The molecule has 0 spiro atoms. The zero-order valence-electron chi connectivity index (χ0n) is 12.5. The molecular formula is C12H27N3O3S. The van der Waals surface area contributed by atoms with Gasteiger partial charge in [-0.05, 0) is 25.7 Å². The number of nitrogens with zero attached hydrogens (tertiary/aromatic N) is 2. The van der Waals surface area contributed by atoms with E-state index in [0.717, 1.165) is 0 Å². The van der Waals surface area contributed by atoms with E-state index < -0.39 is 10.0 Å². The van der Waals surface area contributed by atoms with Gasteiger partial charge in [0.05, 0.1) is 5.75 Å². The molecule has 0 saturated heterocycles. The van der Waals surface area contributed by atoms with Gasteiger partial charge in [-0.25, -0.2) is 8.42 Å². The summed E-state index contributed by atoms with van der Waals surface area (Å²) in [6.07, 6.45) is 0.825. The SMILES string of the molecule is CC(C)N(CCC(N)=NO)S(=O)(=O)CCC(C)(C)C. The molecular weight excluding hydrogens is 266 g/mol. The van der Waals surface area contributed by atoms with Crippen molar-refractivity contribution in [3.8, 4) is 0 Å². The summed E-state index contributed by atoms with van der Waals surface area (Å²) in [6, 6.07) is -0.142. The van der Waals surface area contributed by atoms with Crippen LogP contribution in [0.3, 0.4) is 0 Å². The molecule has 0 aromatic heterocycles. The molecule has 0 unspecified atom stereocenters. The summed E-state index contributed by atoms with van der Waals surface area (Å²) < 4.78 is 26.0. The van der Waals surface area contributed by atoms with Gasteiger partial charge in [0.1, 0.15) is 5.84 Å². The van der Waals surface area contributed by atoms with Crippen LogP contribution >= 0.6 is 0 Å². The molecule has 0 saturated carbocycles. The van der Waals surface area contributed by atoms with Crippen LogP contribution in [0.15, 0.2) is 5.16 Å². The predicted octanol–water partition coefficient (Wildman–Crippen LogP) is 1.60. The number of oxime groups is 1. The van der Waals surface area contributed by atoms with E-state index in [1.807, 2.05) is 34.6 Å². The van der Waals surface area contributed by atoms with Crippen molar-refractivity contribution in [3.63, 3.8) is 0 Å². The highest BCUT2D eigenvalue weighted by Gasteiger charge is 2.26. The largest absolute Gasteiger partial charge is 0.409 e. The molecule has 0 aliphatic carbocycles. The lowest BCUT2D eigenvalue weighted by Crippen LogP contribution is -2.41. The Balaban J connectivity index is 4.77. The van der Waals surface area contributed by atoms with Gasteiger partial charge >= 0.3 is 0 Å². The second-order valence-corrected chi connectivity index (χ2v) is 8.21. The molecule has 0 fully saturated rings. The fourth-order valence-electron chi connectivity index (χ4n) is 1.55. The third-order valence-corrected chi connectivity index (χ3v) is 4.80. The Morgan fingerprint density at radius 2 is 1.89 bits per heavy atom. The summed E-state index contributed by atoms with van der Waals surface area (Å²) in [4.78, 5) is 0. The topological polar surface area (TPSA) is 96.0 Å². The van der Waals surface area contributed by atoms with Gasteiger partial charge in [-0.1, -0.05) is 25.9 Å². The number of sulfonamides is 1. The summed E-state index contributed by atoms with van der Waals surface area (Å²) in [6.45, 7) is 9.91. The van der Waals surface area contributed by atoms with E-state index in [1.54, 1.807) is 0 Å². The predicted molar refractivity (Wildman–Crippen MR) is 77.7 cm³/mol. The first kappa shape index (κ1) is 18.2. The lowest BCUT2D eigenvalue weighted by atomic mass is 9.94. The van der Waals surface area contributed by atoms with E-state index in [9.17, 15) is 8.42 Å². The number of rotatable bonds is 7. The van der Waals surface area contributed by atoms with Crippen LogP contribution in [0.4, 0.5) is 0 Å². The average Bonchev–Trinajstić information content (AvgIpc) is 2.24. The van der Waals surface area contributed by atoms with Crippen molar-refractivity contribution in [3.05, 3.63) is 0 Å². The number of hydrogen-bond donors (Lipinski definition) is 2. The van der Waals surface area contributed by atoms with Gasteiger partial charge in [0, 0.05) is 19.0 Å². The van der Waals surface area contributed by atoms with E-state index >= 15 is 0 Å². The van der Waals surface area contributed by atoms with Crippen LogP contribution in [-0.2, 0) is 10.0 Å². The molecule has 6 nitrogen and oxygen atoms in total. The van der Waals surface area contributed by atoms with Crippen LogP contribution in [0.2, 0.25) is 0 Å². The molecule has 0 radical (unpaired) electrons. The van der Waals surface area contributed by atoms with Crippen LogP contribution in [-0.4, -0.2) is 42.1 Å². The minimum absolute atomic E-state index is 0.0265. The summed E-state index contributed by atoms with van der Waals surface area (Å²) in [5.41, 5.74) is 5.36. The Morgan fingerprint density at radius 3 is 2.26 bits per heavy atom. The molecule has 0 heterocycles. The first-order valence-electron chi connectivity index (χ1n) is 6.45. The van der Waals surface area contributed by atoms with E-state index in [4.69, 9.17) is 10.9 Å². The zero-order chi connectivity index (χ0) is 15.3. The average molecular weight is 293 g/mol. The van der Waals surface area contributed by atoms with Gasteiger partial charge in [-0.15, -0.1) is 0 Å². The third-order valence-electron chi connectivity index (χ3n) is 2.76. The highest BCUT2D eigenvalue weighted by Crippen LogP contribution is 2.21. The number of amidine groups is 1. The molecule has 114 valence electrons. The van der Waals surface area contributed by atoms with Crippen molar-refractivity contribution in [2.75, 3.05) is 12.3 Å². The Kier molecular flexibility index (Phi) is 6.79. The quantitative estimate of drug-likeness (QED) is 0.322. The van der Waals surface area contributed by atoms with Gasteiger partial charge in [-0.3, -0.25) is 0 Å². The van der Waals surface area contributed by atoms with Gasteiger partial charge in [-0.2, -0.15) is 4.31 Å². The fourth-order valence-corrected chi connectivity index (χ4v) is 3.66. The molecule has 0 amide bonds. The molecule has 7 heteroatoms. The molecule has 0 aromatic rings. The maximum Gasteiger partial charge on any atom is 0.214 e. The molecule has 0 rings (SSSR count). The summed E-state index contributed by atoms with van der Waals surface area (Å²) >= 11 is 0. The van der Waals surface area contributed by atoms with Crippen LogP contribution in [0.25, 0.3) is 0 Å². The van der Waals surface area contributed by atoms with Crippen LogP contribution in [0.1, 0.15) is 47.5 Å². The van der Waals surface area contributed by atoms with Crippen molar-refractivity contribution in [2.24, 2.45) is 16.3 Å². The second kappa shape index (κ2) is 7.09. The lowest BCUT2D eigenvalue weighted by Gasteiger charge is -2.27. The summed E-state index contributed by atoms with van der Waals surface area (Å²) in [5, 5.41) is 11.4. The first-order chi connectivity index (χ1) is 8.49. The Labute approximate surface area is 116 Å². The molecule has 3 N–H and O–H groups in total. The normalized spacial score (nSPS) is 14.4. The molecule has 0 aliphatic rings. The minimum atomic E-state index is -3.32. The molecule has 0 aliphatic heterocycles. The van der Waals surface area contributed by atoms with Gasteiger partial charge in [0.25, 0.3) is 0 Å². The molecule has 0 atom stereocenters. The smallest absolute Gasteiger partial charge is 0.214 e. The Hall–Kier alpha value is -0.820. The number of nitrogens with two attached hydrogens (primary N) is 1. The van der Waals surface area contributed by atoms with E-state index in [-0.39, 0.29) is 36.0 Å². The van der Waals surface area contributed by atoms with Crippen LogP contribution in [0.5, 0.6) is 0 Å². The summed E-state index contributed by atoms with van der Waals surface area (Å²) in [7, 11) is -3.32. The third kappa shape index (κ3) is 7.37. The summed E-state index contributed by atoms with van der Waals surface area (Å²) in [5.74, 6) is 0.155. The van der Waals surface area contributed by atoms with Crippen LogP contribution in [0, 0.1) is 5.41 Å². The van der Waals surface area contributed by atoms with Crippen molar-refractivity contribution >= 4 is 15.9 Å². The van der Waals surface area contributed by atoms with Crippen molar-refractivity contribution < 1.29 is 13.6 Å². The first-order valence-corrected chi connectivity index (χ1v) is 8.06. The lowest BCUT2D eigenvalue weighted by molar-refractivity contribution is 0.313. The maximum atomic E-state index is 12.3. The van der Waals surface area contributed by atoms with E-state index in [2.05, 4.69) is 5.16 Å². The van der Waals surface area contributed by atoms with Crippen molar-refractivity contribution in [1.82, 2.24) is 4.31 Å². The van der Waals surface area contributed by atoms with Crippen LogP contribution < -0.4 is 5.73 Å². The Bertz CT molecular complexity index is 397. The zero-order valence-corrected chi connectivity index (χ0v) is 13.4. The van der Waals surface area contributed by atoms with Gasteiger partial charge in [0.15, 0.2) is 0 Å². The van der Waals surface area contributed by atoms with Gasteiger partial charge < -0.3 is 10.9 Å². The molecule has 0 bridgehead atoms. The Morgan fingerprint density at radius 1 is 1.37 bits per heavy atom. The van der Waals surface area contributed by atoms with Crippen molar-refractivity contribution in [2.45, 2.75) is 53.5 Å². The van der Waals surface area contributed by atoms with E-state index in [1.165, 1.54) is 4.31 Å². The maximum absolute atomic E-state index is 12.3. The highest BCUT2D eigenvalue weighted by molar-refractivity contribution is 7.89.